The van der Waals surface area contributed by atoms with E-state index in [-0.39, 0.29) is 146 Å². The molecule has 1 aliphatic rings. The molecular weight excluding hydrogens is 1440 g/mol. The number of amides is 8. The first-order valence-corrected chi connectivity index (χ1v) is 37.9. The van der Waals surface area contributed by atoms with Gasteiger partial charge < -0.3 is 119 Å². The van der Waals surface area contributed by atoms with E-state index in [1.165, 1.54) is 42.5 Å². The fourth-order valence-corrected chi connectivity index (χ4v) is 11.7. The molecule has 6 unspecified atom stereocenters. The molecule has 0 aliphatic carbocycles. The van der Waals surface area contributed by atoms with Crippen LogP contribution >= 0.6 is 0 Å². The zero-order valence-electron chi connectivity index (χ0n) is 68.5. The maximum atomic E-state index is 14.5. The Morgan fingerprint density at radius 1 is 0.582 bits per heavy atom. The Kier molecular flexibility index (Phi) is 55.1. The number of carboxylic acids is 1. The maximum absolute atomic E-state index is 14.5. The second-order valence-electron chi connectivity index (χ2n) is 27.5. The van der Waals surface area contributed by atoms with Crippen molar-refractivity contribution >= 4 is 59.6 Å². The van der Waals surface area contributed by atoms with Crippen LogP contribution in [0.15, 0.2) is 30.3 Å². The summed E-state index contributed by atoms with van der Waals surface area (Å²) in [6, 6.07) is 4.92. The number of ether oxygens (including phenoxy) is 11. The molecule has 0 bridgehead atoms. The van der Waals surface area contributed by atoms with Crippen molar-refractivity contribution < 1.29 is 126 Å². The number of likely N-dealkylation sites (tertiary alicyclic amines) is 1. The summed E-state index contributed by atoms with van der Waals surface area (Å²) >= 11 is 0. The Bertz CT molecular complexity index is 2730. The first-order chi connectivity index (χ1) is 52.2. The number of nitrogens with one attached hydrogen (secondary N) is 6. The lowest BCUT2D eigenvalue weighted by molar-refractivity contribution is -0.181. The van der Waals surface area contributed by atoms with Gasteiger partial charge in [-0.1, -0.05) is 106 Å². The average molecular weight is 1580 g/mol. The van der Waals surface area contributed by atoms with Gasteiger partial charge in [0.15, 0.2) is 18.9 Å². The number of methoxy groups -OCH3 is 5. The molecule has 1 aromatic rings. The van der Waals surface area contributed by atoms with E-state index in [9.17, 15) is 53.1 Å². The standard InChI is InChI=1S/C57H98N8O15.C11H21NO7.C7H16O4/c1-16-37(7)50(64(12)55(72)48(35(3)4)62-54(71)49(36(5)6)63(10)11)44(75-13)32-46(68)65-29-21-25-43(65)51(77-15)38(8)52(69)61-42(31-40-23-19-18-20-24-40)53(70)58-27-22-30-78-56(73)39(9)60-45(67)26-28-59-57(74)79-34-47(76-14)80-41(17-2)33-66;1-3-8(6-13)19-10(17-2)7-18-11(16)12-5-4-9(14)15;1-3-6(4-8)11-7(5-9)10-2/h18-20,23-24,35-39,41-44,47-51,66H,16-17,21-22,25-34H2,1-15H3,(H,58,70)(H,59,74)(H,60,67)(H,61,69)(H,62,71);8,10,13H,3-7H2,1-2H3,(H,12,16)(H,14,15);6-9H,3-5H2,1-2H3/t37-,38+,39-,41?,42-,43-,44+,47?,48-,49-,50-,51+;;/m0../s1. The summed E-state index contributed by atoms with van der Waals surface area (Å²) in [5.74, 6) is -5.03. The van der Waals surface area contributed by atoms with Crippen molar-refractivity contribution in [2.24, 2.45) is 23.7 Å². The smallest absolute Gasteiger partial charge is 0.407 e. The van der Waals surface area contributed by atoms with Gasteiger partial charge >= 0.3 is 24.1 Å². The number of likely N-dealkylation sites (N-methyl/N-ethyl adjacent to an activating group) is 2. The molecule has 110 heavy (non-hydrogen) atoms. The molecule has 8 amide bonds. The fourth-order valence-electron chi connectivity index (χ4n) is 11.7. The minimum absolute atomic E-state index is 0.00388. The highest BCUT2D eigenvalue weighted by Gasteiger charge is 2.44. The van der Waals surface area contributed by atoms with E-state index >= 15 is 0 Å². The van der Waals surface area contributed by atoms with Crippen molar-refractivity contribution in [1.29, 1.82) is 0 Å². The summed E-state index contributed by atoms with van der Waals surface area (Å²) < 4.78 is 58.0. The van der Waals surface area contributed by atoms with Crippen molar-refractivity contribution in [3.05, 3.63) is 35.9 Å². The predicted octanol–water partition coefficient (Wildman–Crippen LogP) is 2.48. The van der Waals surface area contributed by atoms with Gasteiger partial charge in [-0.05, 0) is 82.9 Å². The Morgan fingerprint density at radius 3 is 1.55 bits per heavy atom. The monoisotopic (exact) mass is 1580 g/mol. The van der Waals surface area contributed by atoms with Crippen LogP contribution in [0.5, 0.6) is 0 Å². The van der Waals surface area contributed by atoms with Gasteiger partial charge in [0.25, 0.3) is 0 Å². The van der Waals surface area contributed by atoms with Gasteiger partial charge in [-0.15, -0.1) is 0 Å². The number of hydrogen-bond donors (Lipinski definition) is 11. The van der Waals surface area contributed by atoms with Crippen LogP contribution in [0.1, 0.15) is 146 Å². The molecule has 1 aromatic carbocycles. The van der Waals surface area contributed by atoms with Gasteiger partial charge in [0.1, 0.15) is 31.3 Å². The van der Waals surface area contributed by atoms with Crippen LogP contribution in [0.2, 0.25) is 0 Å². The molecule has 0 radical (unpaired) electrons. The number of aliphatic hydroxyl groups is 4. The number of carbonyl (C=O) groups is 10. The minimum Gasteiger partial charge on any atom is -0.481 e. The van der Waals surface area contributed by atoms with E-state index in [2.05, 4.69) is 31.9 Å². The first-order valence-electron chi connectivity index (χ1n) is 37.9. The summed E-state index contributed by atoms with van der Waals surface area (Å²) in [5.41, 5.74) is 0.798. The Hall–Kier alpha value is -7.00. The molecule has 16 atom stereocenters. The molecule has 1 heterocycles. The van der Waals surface area contributed by atoms with Gasteiger partial charge in [0.2, 0.25) is 35.4 Å². The second-order valence-corrected chi connectivity index (χ2v) is 27.5. The molecule has 1 fully saturated rings. The van der Waals surface area contributed by atoms with Crippen LogP contribution in [-0.4, -0.2) is 315 Å². The highest BCUT2D eigenvalue weighted by molar-refractivity contribution is 5.91. The van der Waals surface area contributed by atoms with Crippen molar-refractivity contribution in [2.45, 2.75) is 232 Å². The summed E-state index contributed by atoms with van der Waals surface area (Å²) in [7, 11) is 12.6. The number of hydrogen-bond acceptors (Lipinski definition) is 26. The van der Waals surface area contributed by atoms with Gasteiger partial charge in [-0.2, -0.15) is 0 Å². The molecule has 1 aliphatic heterocycles. The second kappa shape index (κ2) is 58.8. The number of carboxylic acid groups (broad SMARTS) is 1. The van der Waals surface area contributed by atoms with Crippen LogP contribution in [0.4, 0.5) is 9.59 Å². The Labute approximate surface area is 650 Å². The SMILES string of the molecule is CCC(CO)OC(CO)OC.CCC(CO)OC(COC(=O)NCCC(=O)N[C@@H](C)C(=O)OCCCNC(=O)[C@H](Cc1ccccc1)NC(=O)[C@H](C)[C@@H](OC)[C@@H]1CCCN1C(=O)C[C@@H](OC)[C@H]([C@@H](C)CC)N(C)C(=O)[C@@H](NC(=O)[C@H](C(C)C)N(C)C)C(C)C)OC.CCC(CO)OC(COC(=O)NCCC(=O)O)OC. The van der Waals surface area contributed by atoms with Crippen LogP contribution < -0.4 is 31.9 Å². The lowest BCUT2D eigenvalue weighted by Crippen LogP contribution is -2.59. The predicted molar refractivity (Wildman–Crippen MR) is 405 cm³/mol. The topological polar surface area (TPSA) is 455 Å². The molecule has 1 saturated heterocycles. The average Bonchev–Trinajstić information content (AvgIpc) is 1.51. The molecule has 0 aromatic heterocycles. The summed E-state index contributed by atoms with van der Waals surface area (Å²) in [6.45, 7) is 19.8. The molecule has 35 nitrogen and oxygen atoms in total. The number of alkyl carbamates (subject to hydrolysis) is 2. The largest absolute Gasteiger partial charge is 0.481 e. The molecule has 2 rings (SSSR count). The minimum atomic E-state index is -1.01. The van der Waals surface area contributed by atoms with Crippen LogP contribution in [0.3, 0.4) is 0 Å². The number of carbonyl (C=O) groups excluding carboxylic acids is 9. The zero-order valence-corrected chi connectivity index (χ0v) is 68.5. The van der Waals surface area contributed by atoms with E-state index in [0.29, 0.717) is 45.1 Å². The molecule has 0 spiro atoms. The first kappa shape index (κ1) is 103. The number of aliphatic hydroxyl groups excluding tert-OH is 4. The fraction of sp³-hybridized carbons (Fsp3) is 0.787. The van der Waals surface area contributed by atoms with Crippen LogP contribution in [-0.2, 0) is 96.9 Å². The van der Waals surface area contributed by atoms with Crippen molar-refractivity contribution in [3.8, 4) is 0 Å². The summed E-state index contributed by atoms with van der Waals surface area (Å²) in [4.78, 5) is 134. The quantitative estimate of drug-likeness (QED) is 0.0193. The van der Waals surface area contributed by atoms with E-state index in [0.717, 1.165) is 5.56 Å². The third kappa shape index (κ3) is 40.0. The third-order valence-electron chi connectivity index (χ3n) is 18.3. The molecule has 35 heteroatoms. The molecule has 636 valence electrons. The van der Waals surface area contributed by atoms with Crippen molar-refractivity contribution in [1.82, 2.24) is 46.6 Å². The van der Waals surface area contributed by atoms with Gasteiger partial charge in [-0.25, -0.2) is 14.4 Å². The van der Waals surface area contributed by atoms with Gasteiger partial charge in [-0.3, -0.25) is 38.5 Å². The third-order valence-corrected chi connectivity index (χ3v) is 18.3. The lowest BCUT2D eigenvalue weighted by Gasteiger charge is -2.41. The lowest BCUT2D eigenvalue weighted by atomic mass is 9.89. The van der Waals surface area contributed by atoms with E-state index in [4.69, 9.17) is 72.5 Å². The van der Waals surface area contributed by atoms with Gasteiger partial charge in [0.05, 0.1) is 100 Å². The highest BCUT2D eigenvalue weighted by atomic mass is 16.7. The van der Waals surface area contributed by atoms with Crippen molar-refractivity contribution in [2.75, 3.05) is 129 Å². The van der Waals surface area contributed by atoms with Crippen LogP contribution in [0.25, 0.3) is 0 Å². The number of rotatable bonds is 53. The molecule has 0 saturated carbocycles. The number of nitrogens with zero attached hydrogens (tertiary/aromatic N) is 3. The highest BCUT2D eigenvalue weighted by Crippen LogP contribution is 2.30. The number of esters is 1. The Balaban J connectivity index is 0.00000327. The molecule has 11 N–H and O–H groups in total. The van der Waals surface area contributed by atoms with Crippen molar-refractivity contribution in [3.63, 3.8) is 0 Å². The number of benzene rings is 1. The number of aliphatic carboxylic acids is 1. The summed E-state index contributed by atoms with van der Waals surface area (Å²) in [5, 5.41) is 60.0. The van der Waals surface area contributed by atoms with E-state index in [1.54, 1.807) is 23.8 Å². The normalized spacial score (nSPS) is 16.8. The Morgan fingerprint density at radius 2 is 1.11 bits per heavy atom. The van der Waals surface area contributed by atoms with E-state index in [1.807, 2.05) is 112 Å². The summed E-state index contributed by atoms with van der Waals surface area (Å²) in [6.07, 6.45) is -2.67. The maximum Gasteiger partial charge on any atom is 0.407 e. The van der Waals surface area contributed by atoms with Crippen LogP contribution in [0, 0.1) is 23.7 Å². The van der Waals surface area contributed by atoms with Gasteiger partial charge in [0, 0.05) is 81.6 Å². The zero-order chi connectivity index (χ0) is 83.6. The van der Waals surface area contributed by atoms with E-state index < -0.39 is 121 Å². The molecular formula is C75H135N9O26.